The summed E-state index contributed by atoms with van der Waals surface area (Å²) >= 11 is 5.82. The van der Waals surface area contributed by atoms with Gasteiger partial charge in [0.15, 0.2) is 0 Å². The van der Waals surface area contributed by atoms with Gasteiger partial charge in [0.25, 0.3) is 0 Å². The maximum atomic E-state index is 11.5. The molecule has 4 nitrogen and oxygen atoms in total. The minimum atomic E-state index is -0.163. The molecule has 0 fully saturated rings. The molecule has 0 aliphatic rings. The molecule has 1 aromatic carbocycles. The van der Waals surface area contributed by atoms with Gasteiger partial charge in [-0.3, -0.25) is 4.57 Å². The Balaban J connectivity index is 2.30. The van der Waals surface area contributed by atoms with Crippen molar-refractivity contribution < 1.29 is 0 Å². The monoisotopic (exact) mass is 251 g/mol. The van der Waals surface area contributed by atoms with Gasteiger partial charge in [-0.1, -0.05) is 23.7 Å². The molecule has 0 amide bonds. The van der Waals surface area contributed by atoms with Crippen LogP contribution in [-0.2, 0) is 6.42 Å². The zero-order valence-electron chi connectivity index (χ0n) is 9.77. The summed E-state index contributed by atoms with van der Waals surface area (Å²) in [5, 5.41) is 7.23. The van der Waals surface area contributed by atoms with E-state index in [1.165, 1.54) is 0 Å². The summed E-state index contributed by atoms with van der Waals surface area (Å²) in [6.45, 7) is 3.92. The number of nitrogens with one attached hydrogen (secondary N) is 1. The van der Waals surface area contributed by atoms with E-state index in [0.717, 1.165) is 11.4 Å². The van der Waals surface area contributed by atoms with E-state index in [2.05, 4.69) is 10.2 Å². The molecule has 1 aromatic heterocycles. The zero-order chi connectivity index (χ0) is 12.4. The van der Waals surface area contributed by atoms with Gasteiger partial charge in [0.1, 0.15) is 5.82 Å². The number of nitrogens with zero attached hydrogens (tertiary/aromatic N) is 2. The molecule has 90 valence electrons. The predicted molar refractivity (Wildman–Crippen MR) is 67.5 cm³/mol. The van der Waals surface area contributed by atoms with Gasteiger partial charge in [0.2, 0.25) is 0 Å². The second kappa shape index (κ2) is 4.75. The Morgan fingerprint density at radius 3 is 2.59 bits per heavy atom. The number of H-pyrrole nitrogens is 1. The molecule has 0 saturated heterocycles. The second-order valence-electron chi connectivity index (χ2n) is 4.21. The molecule has 2 rings (SSSR count). The minimum Gasteiger partial charge on any atom is -0.276 e. The average molecular weight is 252 g/mol. The number of hydrogen-bond donors (Lipinski definition) is 1. The molecule has 0 spiro atoms. The van der Waals surface area contributed by atoms with Gasteiger partial charge in [0, 0.05) is 17.5 Å². The third-order valence-electron chi connectivity index (χ3n) is 2.57. The van der Waals surface area contributed by atoms with E-state index in [9.17, 15) is 4.79 Å². The van der Waals surface area contributed by atoms with Crippen LogP contribution < -0.4 is 5.69 Å². The summed E-state index contributed by atoms with van der Waals surface area (Å²) in [5.41, 5.74) is 0.916. The molecular weight excluding hydrogens is 238 g/mol. The lowest BCUT2D eigenvalue weighted by Crippen LogP contribution is -2.20. The van der Waals surface area contributed by atoms with Gasteiger partial charge in [-0.05, 0) is 31.5 Å². The van der Waals surface area contributed by atoms with Gasteiger partial charge in [-0.25, -0.2) is 9.89 Å². The first kappa shape index (κ1) is 11.9. The number of aromatic amines is 1. The lowest BCUT2D eigenvalue weighted by molar-refractivity contribution is 0.557. The number of hydrogen-bond acceptors (Lipinski definition) is 2. The van der Waals surface area contributed by atoms with Crippen molar-refractivity contribution in [2.75, 3.05) is 0 Å². The van der Waals surface area contributed by atoms with Crippen LogP contribution in [0.5, 0.6) is 0 Å². The van der Waals surface area contributed by atoms with E-state index < -0.39 is 0 Å². The molecule has 1 N–H and O–H groups in total. The Kier molecular flexibility index (Phi) is 3.33. The number of aromatic nitrogens is 3. The molecule has 0 bridgehead atoms. The van der Waals surface area contributed by atoms with Crippen molar-refractivity contribution >= 4 is 11.6 Å². The van der Waals surface area contributed by atoms with Crippen LogP contribution >= 0.6 is 11.6 Å². The van der Waals surface area contributed by atoms with Gasteiger partial charge < -0.3 is 0 Å². The summed E-state index contributed by atoms with van der Waals surface area (Å²) in [5.74, 6) is 0.743. The molecule has 0 atom stereocenters. The molecule has 0 saturated carbocycles. The molecule has 1 heterocycles. The van der Waals surface area contributed by atoms with Crippen LogP contribution in [0.15, 0.2) is 29.1 Å². The minimum absolute atomic E-state index is 0.101. The van der Waals surface area contributed by atoms with Gasteiger partial charge in [-0.15, -0.1) is 0 Å². The Hall–Kier alpha value is -1.55. The van der Waals surface area contributed by atoms with E-state index in [-0.39, 0.29) is 11.7 Å². The van der Waals surface area contributed by atoms with Crippen LogP contribution in [0.4, 0.5) is 0 Å². The molecular formula is C12H14ClN3O. The molecule has 5 heteroatoms. The average Bonchev–Trinajstić information content (AvgIpc) is 2.63. The highest BCUT2D eigenvalue weighted by molar-refractivity contribution is 6.30. The Bertz CT molecular complexity index is 554. The fourth-order valence-corrected chi connectivity index (χ4v) is 1.91. The summed E-state index contributed by atoms with van der Waals surface area (Å²) in [6, 6.07) is 7.64. The first-order valence-corrected chi connectivity index (χ1v) is 5.86. The van der Waals surface area contributed by atoms with Crippen molar-refractivity contribution in [1.82, 2.24) is 14.8 Å². The van der Waals surface area contributed by atoms with E-state index >= 15 is 0 Å². The first-order chi connectivity index (χ1) is 8.08. The fraction of sp³-hybridized carbons (Fsp3) is 0.333. The van der Waals surface area contributed by atoms with Crippen LogP contribution in [0.1, 0.15) is 31.3 Å². The summed E-state index contributed by atoms with van der Waals surface area (Å²) in [6.07, 6.45) is 0.619. The SMILES string of the molecule is CC(C)n1c(Cc2ccc(Cl)cc2)n[nH]c1=O. The summed E-state index contributed by atoms with van der Waals surface area (Å²) in [7, 11) is 0. The third-order valence-corrected chi connectivity index (χ3v) is 2.82. The highest BCUT2D eigenvalue weighted by Gasteiger charge is 2.11. The van der Waals surface area contributed by atoms with Gasteiger partial charge >= 0.3 is 5.69 Å². The molecule has 0 aliphatic heterocycles. The Labute approximate surface area is 104 Å². The second-order valence-corrected chi connectivity index (χ2v) is 4.65. The predicted octanol–water partition coefficient (Wildman–Crippen LogP) is 2.40. The third kappa shape index (κ3) is 2.58. The normalized spacial score (nSPS) is 11.1. The zero-order valence-corrected chi connectivity index (χ0v) is 10.5. The number of halogens is 1. The van der Waals surface area contributed by atoms with E-state index in [0.29, 0.717) is 11.4 Å². The summed E-state index contributed by atoms with van der Waals surface area (Å²) < 4.78 is 1.66. The maximum absolute atomic E-state index is 11.5. The smallest absolute Gasteiger partial charge is 0.276 e. The van der Waals surface area contributed by atoms with Crippen LogP contribution in [0, 0.1) is 0 Å². The highest BCUT2D eigenvalue weighted by Crippen LogP contribution is 2.13. The van der Waals surface area contributed by atoms with Crippen molar-refractivity contribution in [3.63, 3.8) is 0 Å². The van der Waals surface area contributed by atoms with Crippen molar-refractivity contribution in [1.29, 1.82) is 0 Å². The molecule has 17 heavy (non-hydrogen) atoms. The van der Waals surface area contributed by atoms with E-state index in [4.69, 9.17) is 11.6 Å². The largest absolute Gasteiger partial charge is 0.343 e. The van der Waals surface area contributed by atoms with Crippen molar-refractivity contribution in [3.05, 3.63) is 51.2 Å². The number of rotatable bonds is 3. The van der Waals surface area contributed by atoms with E-state index in [1.54, 1.807) is 4.57 Å². The molecule has 0 unspecified atom stereocenters. The van der Waals surface area contributed by atoms with Crippen molar-refractivity contribution in [2.45, 2.75) is 26.3 Å². The van der Waals surface area contributed by atoms with Crippen molar-refractivity contribution in [2.24, 2.45) is 0 Å². The molecule has 0 radical (unpaired) electrons. The Morgan fingerprint density at radius 2 is 2.00 bits per heavy atom. The Morgan fingerprint density at radius 1 is 1.35 bits per heavy atom. The highest BCUT2D eigenvalue weighted by atomic mass is 35.5. The van der Waals surface area contributed by atoms with Crippen molar-refractivity contribution in [3.8, 4) is 0 Å². The topological polar surface area (TPSA) is 50.7 Å². The van der Waals surface area contributed by atoms with Crippen LogP contribution in [0.3, 0.4) is 0 Å². The molecule has 2 aromatic rings. The fourth-order valence-electron chi connectivity index (χ4n) is 1.78. The van der Waals surface area contributed by atoms with Gasteiger partial charge in [0.05, 0.1) is 0 Å². The number of benzene rings is 1. The van der Waals surface area contributed by atoms with Crippen LogP contribution in [-0.4, -0.2) is 14.8 Å². The maximum Gasteiger partial charge on any atom is 0.343 e. The van der Waals surface area contributed by atoms with Gasteiger partial charge in [-0.2, -0.15) is 5.10 Å². The van der Waals surface area contributed by atoms with Crippen LogP contribution in [0.2, 0.25) is 5.02 Å². The summed E-state index contributed by atoms with van der Waals surface area (Å²) in [4.78, 5) is 11.5. The lowest BCUT2D eigenvalue weighted by atomic mass is 10.1. The first-order valence-electron chi connectivity index (χ1n) is 5.48. The standard InChI is InChI=1S/C12H14ClN3O/c1-8(2)16-11(14-15-12(16)17)7-9-3-5-10(13)6-4-9/h3-6,8H,7H2,1-2H3,(H,15,17). The quantitative estimate of drug-likeness (QED) is 0.911. The molecule has 0 aliphatic carbocycles. The van der Waals surface area contributed by atoms with E-state index in [1.807, 2.05) is 38.1 Å². The lowest BCUT2D eigenvalue weighted by Gasteiger charge is -2.08. The van der Waals surface area contributed by atoms with Crippen LogP contribution in [0.25, 0.3) is 0 Å².